The lowest BCUT2D eigenvalue weighted by molar-refractivity contribution is -0.137. The van der Waals surface area contributed by atoms with E-state index < -0.39 is 50.1 Å². The molecular formula is C17H14F4N2O5S. The van der Waals surface area contributed by atoms with E-state index in [0.29, 0.717) is 0 Å². The number of aromatic nitrogens is 1. The third-order valence-corrected chi connectivity index (χ3v) is 6.12. The van der Waals surface area contributed by atoms with Crippen LogP contribution in [-0.4, -0.2) is 48.0 Å². The van der Waals surface area contributed by atoms with Gasteiger partial charge in [0.1, 0.15) is 11.9 Å². The van der Waals surface area contributed by atoms with Gasteiger partial charge in [0.05, 0.1) is 22.6 Å². The fraction of sp³-hybridized carbons (Fsp3) is 0.294. The molecule has 156 valence electrons. The SMILES string of the molecule is O=C(O)c1cc(S(=O)(=O)N2CC[C@@H](Oc3cc(C(F)(F)F)ccn3)C2)ccc1F. The first-order valence-corrected chi connectivity index (χ1v) is 9.65. The number of benzene rings is 1. The Morgan fingerprint density at radius 2 is 1.97 bits per heavy atom. The zero-order valence-corrected chi connectivity index (χ0v) is 15.4. The largest absolute Gasteiger partial charge is 0.478 e. The summed E-state index contributed by atoms with van der Waals surface area (Å²) in [6.07, 6.45) is -4.20. The third kappa shape index (κ3) is 4.48. The Hall–Kier alpha value is -2.73. The second-order valence-corrected chi connectivity index (χ2v) is 8.16. The van der Waals surface area contributed by atoms with Gasteiger partial charge < -0.3 is 9.84 Å². The summed E-state index contributed by atoms with van der Waals surface area (Å²) < 4.78 is 83.6. The van der Waals surface area contributed by atoms with Gasteiger partial charge >= 0.3 is 12.1 Å². The minimum Gasteiger partial charge on any atom is -0.478 e. The Balaban J connectivity index is 1.75. The number of carboxylic acid groups (broad SMARTS) is 1. The van der Waals surface area contributed by atoms with Gasteiger partial charge in [-0.3, -0.25) is 0 Å². The first kappa shape index (κ1) is 21.0. The van der Waals surface area contributed by atoms with Gasteiger partial charge in [-0.25, -0.2) is 22.6 Å². The van der Waals surface area contributed by atoms with Crippen LogP contribution >= 0.6 is 0 Å². The van der Waals surface area contributed by atoms with E-state index in [-0.39, 0.29) is 25.4 Å². The van der Waals surface area contributed by atoms with Gasteiger partial charge in [0.15, 0.2) is 0 Å². The second-order valence-electron chi connectivity index (χ2n) is 6.22. The van der Waals surface area contributed by atoms with Crippen molar-refractivity contribution < 1.29 is 40.6 Å². The van der Waals surface area contributed by atoms with E-state index in [1.165, 1.54) is 0 Å². The maximum absolute atomic E-state index is 13.5. The van der Waals surface area contributed by atoms with Gasteiger partial charge in [0.2, 0.25) is 15.9 Å². The highest BCUT2D eigenvalue weighted by atomic mass is 32.2. The highest BCUT2D eigenvalue weighted by molar-refractivity contribution is 7.89. The highest BCUT2D eigenvalue weighted by Crippen LogP contribution is 2.31. The van der Waals surface area contributed by atoms with Crippen molar-refractivity contribution in [2.75, 3.05) is 13.1 Å². The van der Waals surface area contributed by atoms with E-state index in [9.17, 15) is 30.8 Å². The van der Waals surface area contributed by atoms with Crippen molar-refractivity contribution in [2.45, 2.75) is 23.6 Å². The average Bonchev–Trinajstić information content (AvgIpc) is 3.10. The number of nitrogens with zero attached hydrogens (tertiary/aromatic N) is 2. The smallest absolute Gasteiger partial charge is 0.416 e. The number of alkyl halides is 3. The molecule has 0 spiro atoms. The van der Waals surface area contributed by atoms with Crippen molar-refractivity contribution in [2.24, 2.45) is 0 Å². The van der Waals surface area contributed by atoms with Crippen LogP contribution in [0.4, 0.5) is 17.6 Å². The number of hydrogen-bond acceptors (Lipinski definition) is 5. The molecule has 0 amide bonds. The molecule has 1 saturated heterocycles. The fourth-order valence-corrected chi connectivity index (χ4v) is 4.32. The van der Waals surface area contributed by atoms with Gasteiger partial charge in [0, 0.05) is 18.8 Å². The van der Waals surface area contributed by atoms with Crippen LogP contribution in [-0.2, 0) is 16.2 Å². The zero-order chi connectivity index (χ0) is 21.4. The predicted octanol–water partition coefficient (Wildman–Crippen LogP) is 2.78. The summed E-state index contributed by atoms with van der Waals surface area (Å²) in [5.41, 5.74) is -1.73. The summed E-state index contributed by atoms with van der Waals surface area (Å²) in [5.74, 6) is -2.98. The molecular weight excluding hydrogens is 420 g/mol. The van der Waals surface area contributed by atoms with E-state index in [1.54, 1.807) is 0 Å². The second kappa shape index (κ2) is 7.59. The van der Waals surface area contributed by atoms with Crippen LogP contribution in [0.5, 0.6) is 5.88 Å². The Kier molecular flexibility index (Phi) is 5.50. The number of pyridine rings is 1. The van der Waals surface area contributed by atoms with Gasteiger partial charge in [-0.2, -0.15) is 17.5 Å². The molecule has 7 nitrogen and oxygen atoms in total. The van der Waals surface area contributed by atoms with Crippen molar-refractivity contribution in [1.29, 1.82) is 0 Å². The quantitative estimate of drug-likeness (QED) is 0.727. The van der Waals surface area contributed by atoms with Crippen LogP contribution in [0.2, 0.25) is 0 Å². The number of hydrogen-bond donors (Lipinski definition) is 1. The normalized spacial score (nSPS) is 18.0. The Bertz CT molecular complexity index is 1040. The van der Waals surface area contributed by atoms with Crippen molar-refractivity contribution in [3.63, 3.8) is 0 Å². The predicted molar refractivity (Wildman–Crippen MR) is 90.4 cm³/mol. The van der Waals surface area contributed by atoms with Gasteiger partial charge in [-0.05, 0) is 30.7 Å². The Morgan fingerprint density at radius 3 is 2.62 bits per heavy atom. The highest BCUT2D eigenvalue weighted by Gasteiger charge is 2.35. The molecule has 1 aromatic carbocycles. The number of rotatable bonds is 5. The topological polar surface area (TPSA) is 96.8 Å². The molecule has 1 N–H and O–H groups in total. The summed E-state index contributed by atoms with van der Waals surface area (Å²) in [6, 6.07) is 3.91. The minimum absolute atomic E-state index is 0.00819. The lowest BCUT2D eigenvalue weighted by atomic mass is 10.2. The summed E-state index contributed by atoms with van der Waals surface area (Å²) in [5, 5.41) is 8.95. The van der Waals surface area contributed by atoms with Crippen LogP contribution in [0.3, 0.4) is 0 Å². The average molecular weight is 434 g/mol. The van der Waals surface area contributed by atoms with Crippen molar-refractivity contribution in [3.8, 4) is 5.88 Å². The fourth-order valence-electron chi connectivity index (χ4n) is 2.81. The van der Waals surface area contributed by atoms with Crippen LogP contribution in [0.25, 0.3) is 0 Å². The maximum atomic E-state index is 13.5. The molecule has 29 heavy (non-hydrogen) atoms. The number of ether oxygens (including phenoxy) is 1. The van der Waals surface area contributed by atoms with Crippen molar-refractivity contribution >= 4 is 16.0 Å². The molecule has 1 fully saturated rings. The molecule has 2 aromatic rings. The van der Waals surface area contributed by atoms with E-state index in [4.69, 9.17) is 9.84 Å². The van der Waals surface area contributed by atoms with Crippen LogP contribution in [0, 0.1) is 5.82 Å². The Morgan fingerprint density at radius 1 is 1.24 bits per heavy atom. The molecule has 0 unspecified atom stereocenters. The molecule has 12 heteroatoms. The molecule has 3 rings (SSSR count). The molecule has 1 aromatic heterocycles. The lowest BCUT2D eigenvalue weighted by Crippen LogP contribution is -2.31. The maximum Gasteiger partial charge on any atom is 0.416 e. The molecule has 1 aliphatic rings. The van der Waals surface area contributed by atoms with Gasteiger partial charge in [-0.15, -0.1) is 0 Å². The van der Waals surface area contributed by atoms with Crippen molar-refractivity contribution in [1.82, 2.24) is 9.29 Å². The standard InChI is InChI=1S/C17H14F4N2O5S/c18-14-2-1-12(8-13(14)16(24)25)29(26,27)23-6-4-11(9-23)28-15-7-10(3-5-22-15)17(19,20)21/h1-3,5,7-8,11H,4,6,9H2,(H,24,25)/t11-/m1/s1. The van der Waals surface area contributed by atoms with Gasteiger partial charge in [-0.1, -0.05) is 0 Å². The monoisotopic (exact) mass is 434 g/mol. The third-order valence-electron chi connectivity index (χ3n) is 4.26. The van der Waals surface area contributed by atoms with Crippen LogP contribution < -0.4 is 4.74 Å². The molecule has 0 bridgehead atoms. The minimum atomic E-state index is -4.57. The first-order valence-electron chi connectivity index (χ1n) is 8.21. The lowest BCUT2D eigenvalue weighted by Gasteiger charge is -2.17. The summed E-state index contributed by atoms with van der Waals surface area (Å²) >= 11 is 0. The first-order chi connectivity index (χ1) is 13.5. The number of sulfonamides is 1. The molecule has 0 radical (unpaired) electrons. The molecule has 2 heterocycles. The number of halogens is 4. The number of carboxylic acids is 1. The summed E-state index contributed by atoms with van der Waals surface area (Å²) in [6.45, 7) is -0.189. The molecule has 1 atom stereocenters. The van der Waals surface area contributed by atoms with E-state index >= 15 is 0 Å². The van der Waals surface area contributed by atoms with E-state index in [0.717, 1.165) is 40.8 Å². The van der Waals surface area contributed by atoms with Crippen LogP contribution in [0.1, 0.15) is 22.3 Å². The number of aromatic carboxylic acids is 1. The van der Waals surface area contributed by atoms with Crippen LogP contribution in [0.15, 0.2) is 41.4 Å². The summed E-state index contributed by atoms with van der Waals surface area (Å²) in [7, 11) is -4.15. The van der Waals surface area contributed by atoms with Gasteiger partial charge in [0.25, 0.3) is 0 Å². The zero-order valence-electron chi connectivity index (χ0n) is 14.6. The molecule has 1 aliphatic heterocycles. The van der Waals surface area contributed by atoms with E-state index in [1.807, 2.05) is 0 Å². The Labute approximate surface area is 162 Å². The van der Waals surface area contributed by atoms with Crippen molar-refractivity contribution in [3.05, 3.63) is 53.5 Å². The molecule has 0 saturated carbocycles. The molecule has 0 aliphatic carbocycles. The van der Waals surface area contributed by atoms with E-state index in [2.05, 4.69) is 4.98 Å². The summed E-state index contributed by atoms with van der Waals surface area (Å²) in [4.78, 5) is 14.3. The number of carbonyl (C=O) groups is 1.